The van der Waals surface area contributed by atoms with E-state index in [1.165, 1.54) is 5.57 Å². The van der Waals surface area contributed by atoms with E-state index in [9.17, 15) is 4.79 Å². The van der Waals surface area contributed by atoms with Gasteiger partial charge >= 0.3 is 0 Å². The largest absolute Gasteiger partial charge is 0.380 e. The molecule has 1 aromatic heterocycles. The third-order valence-electron chi connectivity index (χ3n) is 5.15. The third kappa shape index (κ3) is 6.40. The van der Waals surface area contributed by atoms with Crippen molar-refractivity contribution in [2.75, 3.05) is 36.8 Å². The van der Waals surface area contributed by atoms with Crippen molar-refractivity contribution in [2.45, 2.75) is 26.2 Å². The fourth-order valence-electron chi connectivity index (χ4n) is 3.36. The monoisotopic (exact) mass is 420 g/mol. The zero-order valence-corrected chi connectivity index (χ0v) is 17.7. The maximum absolute atomic E-state index is 12.2. The van der Waals surface area contributed by atoms with Gasteiger partial charge in [-0.15, -0.1) is 0 Å². The Balaban J connectivity index is 1.53. The van der Waals surface area contributed by atoms with Crippen LogP contribution in [0.25, 0.3) is 0 Å². The van der Waals surface area contributed by atoms with Gasteiger partial charge in [-0.25, -0.2) is 4.98 Å². The molecule has 0 bridgehead atoms. The Kier molecular flexibility index (Phi) is 7.76. The molecule has 4 N–H and O–H groups in total. The molecular weight excluding hydrogens is 392 g/mol. The van der Waals surface area contributed by atoms with E-state index in [4.69, 9.17) is 10.7 Å². The Labute approximate surface area is 182 Å². The van der Waals surface area contributed by atoms with E-state index in [1.54, 1.807) is 17.3 Å². The molecular formula is C22H28N8O. The highest BCUT2D eigenvalue weighted by molar-refractivity contribution is 5.81. The maximum atomic E-state index is 12.2. The molecule has 1 aliphatic carbocycles. The van der Waals surface area contributed by atoms with Crippen LogP contribution in [0.3, 0.4) is 0 Å². The standard InChI is InChI=1S/C22H28N8O/c1-16-11-27-22(29-21(16)26-12-17-5-3-2-4-6-17)28-19(10-24)13-25-14-20(31)30-8-7-18(9-23)15-30/h3,5-6,10-11,13,18,24-25H,2,4,7-8,12,14-15H2,1H3,(H2,26,27,28,29)/b19-13+,24-10?. The molecule has 1 amide bonds. The van der Waals surface area contributed by atoms with Crippen LogP contribution in [0.4, 0.5) is 11.8 Å². The highest BCUT2D eigenvalue weighted by atomic mass is 16.2. The summed E-state index contributed by atoms with van der Waals surface area (Å²) in [5.41, 5.74) is 2.58. The predicted molar refractivity (Wildman–Crippen MR) is 121 cm³/mol. The van der Waals surface area contributed by atoms with E-state index >= 15 is 0 Å². The maximum Gasteiger partial charge on any atom is 0.241 e. The van der Waals surface area contributed by atoms with E-state index in [1.807, 2.05) is 6.92 Å². The molecule has 1 aromatic rings. The fourth-order valence-corrected chi connectivity index (χ4v) is 3.36. The number of rotatable bonds is 9. The Morgan fingerprint density at radius 2 is 2.32 bits per heavy atom. The number of nitriles is 1. The molecule has 1 aliphatic heterocycles. The number of aryl methyl sites for hydroxylation is 1. The van der Waals surface area contributed by atoms with Crippen LogP contribution >= 0.6 is 0 Å². The topological polar surface area (TPSA) is 130 Å². The van der Waals surface area contributed by atoms with Crippen LogP contribution in [0, 0.1) is 29.6 Å². The summed E-state index contributed by atoms with van der Waals surface area (Å²) in [4.78, 5) is 22.7. The number of amides is 1. The van der Waals surface area contributed by atoms with Crippen LogP contribution in [0.1, 0.15) is 24.8 Å². The molecule has 9 heteroatoms. The third-order valence-corrected chi connectivity index (χ3v) is 5.15. The summed E-state index contributed by atoms with van der Waals surface area (Å²) in [7, 11) is 0. The van der Waals surface area contributed by atoms with Crippen LogP contribution in [0.2, 0.25) is 0 Å². The summed E-state index contributed by atoms with van der Waals surface area (Å²) in [5.74, 6) is 0.944. The molecule has 9 nitrogen and oxygen atoms in total. The Hall–Kier alpha value is -3.67. The van der Waals surface area contributed by atoms with Gasteiger partial charge in [0, 0.05) is 43.8 Å². The number of likely N-dealkylation sites (tertiary alicyclic amines) is 1. The quantitative estimate of drug-likeness (QED) is 0.451. The molecule has 1 unspecified atom stereocenters. The van der Waals surface area contributed by atoms with Gasteiger partial charge in [0.15, 0.2) is 0 Å². The number of hydrogen-bond donors (Lipinski definition) is 4. The average Bonchev–Trinajstić information content (AvgIpc) is 3.29. The molecule has 1 saturated heterocycles. The number of nitrogens with one attached hydrogen (secondary N) is 4. The lowest BCUT2D eigenvalue weighted by Crippen LogP contribution is -2.35. The number of carbonyl (C=O) groups excluding carboxylic acids is 1. The lowest BCUT2D eigenvalue weighted by Gasteiger charge is -2.15. The molecule has 0 radical (unpaired) electrons. The Morgan fingerprint density at radius 1 is 1.45 bits per heavy atom. The minimum absolute atomic E-state index is 0.0672. The molecule has 162 valence electrons. The highest BCUT2D eigenvalue weighted by Crippen LogP contribution is 2.16. The van der Waals surface area contributed by atoms with E-state index in [2.05, 4.69) is 50.2 Å². The van der Waals surface area contributed by atoms with Crippen LogP contribution in [0.15, 0.2) is 41.9 Å². The van der Waals surface area contributed by atoms with Crippen molar-refractivity contribution in [3.63, 3.8) is 0 Å². The zero-order valence-electron chi connectivity index (χ0n) is 17.7. The summed E-state index contributed by atoms with van der Waals surface area (Å²) >= 11 is 0. The Bertz CT molecular complexity index is 943. The summed E-state index contributed by atoms with van der Waals surface area (Å²) in [6, 6.07) is 2.20. The summed E-state index contributed by atoms with van der Waals surface area (Å²) in [6.07, 6.45) is 13.8. The zero-order chi connectivity index (χ0) is 22.1. The number of hydrogen-bond acceptors (Lipinski definition) is 8. The van der Waals surface area contributed by atoms with Crippen molar-refractivity contribution < 1.29 is 4.79 Å². The second-order valence-electron chi connectivity index (χ2n) is 7.54. The van der Waals surface area contributed by atoms with E-state index in [0.717, 1.165) is 36.9 Å². The second kappa shape index (κ2) is 10.9. The van der Waals surface area contributed by atoms with Crippen molar-refractivity contribution >= 4 is 23.9 Å². The number of allylic oxidation sites excluding steroid dienone is 3. The highest BCUT2D eigenvalue weighted by Gasteiger charge is 2.25. The normalized spacial score (nSPS) is 18.2. The van der Waals surface area contributed by atoms with Gasteiger partial charge in [0.2, 0.25) is 11.9 Å². The van der Waals surface area contributed by atoms with Crippen LogP contribution in [-0.2, 0) is 4.79 Å². The van der Waals surface area contributed by atoms with Gasteiger partial charge in [0.25, 0.3) is 0 Å². The van der Waals surface area contributed by atoms with Crippen LogP contribution in [-0.4, -0.2) is 53.2 Å². The predicted octanol–water partition coefficient (Wildman–Crippen LogP) is 2.34. The molecule has 2 aliphatic rings. The lowest BCUT2D eigenvalue weighted by atomic mass is 10.1. The summed E-state index contributed by atoms with van der Waals surface area (Å²) < 4.78 is 0. The van der Waals surface area contributed by atoms with Gasteiger partial charge < -0.3 is 26.3 Å². The number of aromatic nitrogens is 2. The van der Waals surface area contributed by atoms with Crippen molar-refractivity contribution in [1.29, 1.82) is 10.7 Å². The first-order valence-electron chi connectivity index (χ1n) is 10.4. The van der Waals surface area contributed by atoms with E-state index in [0.29, 0.717) is 31.3 Å². The second-order valence-corrected chi connectivity index (χ2v) is 7.54. The average molecular weight is 421 g/mol. The first kappa shape index (κ1) is 22.0. The molecule has 1 fully saturated rings. The minimum Gasteiger partial charge on any atom is -0.380 e. The Morgan fingerprint density at radius 3 is 3.03 bits per heavy atom. The van der Waals surface area contributed by atoms with Crippen LogP contribution in [0.5, 0.6) is 0 Å². The van der Waals surface area contributed by atoms with Crippen molar-refractivity contribution in [2.24, 2.45) is 5.92 Å². The van der Waals surface area contributed by atoms with Gasteiger partial charge in [-0.05, 0) is 31.8 Å². The van der Waals surface area contributed by atoms with E-state index < -0.39 is 0 Å². The van der Waals surface area contributed by atoms with Gasteiger partial charge in [0.05, 0.1) is 24.2 Å². The minimum atomic E-state index is -0.0785. The van der Waals surface area contributed by atoms with Gasteiger partial charge in [-0.1, -0.05) is 18.2 Å². The number of nitrogens with zero attached hydrogens (tertiary/aromatic N) is 4. The molecule has 0 aromatic carbocycles. The molecule has 0 spiro atoms. The van der Waals surface area contributed by atoms with Gasteiger partial charge in [-0.3, -0.25) is 4.79 Å². The SMILES string of the molecule is Cc1cnc(N/C(C=N)=C/NCC(=O)N2CCC(C#N)C2)nc1NCC1=CCCC=C1. The number of carbonyl (C=O) groups is 1. The first-order chi connectivity index (χ1) is 15.1. The van der Waals surface area contributed by atoms with Crippen LogP contribution < -0.4 is 16.0 Å². The van der Waals surface area contributed by atoms with Gasteiger partial charge in [0.1, 0.15) is 5.82 Å². The van der Waals surface area contributed by atoms with Crippen molar-refractivity contribution in [3.8, 4) is 6.07 Å². The fraction of sp³-hybridized carbons (Fsp3) is 0.409. The molecule has 2 heterocycles. The van der Waals surface area contributed by atoms with Gasteiger partial charge in [-0.2, -0.15) is 10.2 Å². The number of anilines is 2. The lowest BCUT2D eigenvalue weighted by molar-refractivity contribution is -0.129. The molecule has 0 saturated carbocycles. The smallest absolute Gasteiger partial charge is 0.241 e. The molecule has 1 atom stereocenters. The molecule has 3 rings (SSSR count). The molecule has 31 heavy (non-hydrogen) atoms. The first-order valence-corrected chi connectivity index (χ1v) is 10.4. The van der Waals surface area contributed by atoms with E-state index in [-0.39, 0.29) is 18.4 Å². The summed E-state index contributed by atoms with van der Waals surface area (Å²) in [6.45, 7) is 3.82. The summed E-state index contributed by atoms with van der Waals surface area (Å²) in [5, 5.41) is 25.8. The van der Waals surface area contributed by atoms with Crippen molar-refractivity contribution in [1.82, 2.24) is 20.2 Å². The van der Waals surface area contributed by atoms with Crippen molar-refractivity contribution in [3.05, 3.63) is 47.5 Å².